The molecule has 8 atom stereocenters. The van der Waals surface area contributed by atoms with Gasteiger partial charge in [0.05, 0.1) is 0 Å². The second-order valence-corrected chi connectivity index (χ2v) is 17.5. The highest BCUT2D eigenvalue weighted by molar-refractivity contribution is 7.84. The molecule has 0 spiro atoms. The Morgan fingerprint density at radius 3 is 1.74 bits per heavy atom. The summed E-state index contributed by atoms with van der Waals surface area (Å²) >= 11 is 0. The summed E-state index contributed by atoms with van der Waals surface area (Å²) in [5, 5.41) is 9.67. The second kappa shape index (κ2) is 11.5. The highest BCUT2D eigenvalue weighted by Gasteiger charge is 2.55. The van der Waals surface area contributed by atoms with Gasteiger partial charge in [-0.1, -0.05) is 26.0 Å². The minimum absolute atomic E-state index is 0.0322. The molecule has 7 nitrogen and oxygen atoms in total. The molecule has 6 aliphatic carbocycles. The molecule has 0 aromatic heterocycles. The van der Waals surface area contributed by atoms with Crippen molar-refractivity contribution in [1.29, 1.82) is 0 Å². The van der Waals surface area contributed by atoms with Crippen LogP contribution in [0.25, 0.3) is 0 Å². The first-order valence-electron chi connectivity index (χ1n) is 17.4. The van der Waals surface area contributed by atoms with Gasteiger partial charge in [0.1, 0.15) is 23.1 Å². The zero-order valence-corrected chi connectivity index (χ0v) is 28.6. The van der Waals surface area contributed by atoms with Gasteiger partial charge in [-0.05, 0) is 146 Å². The van der Waals surface area contributed by atoms with Gasteiger partial charge in [0.15, 0.2) is 0 Å². The van der Waals surface area contributed by atoms with Crippen LogP contribution in [0.2, 0.25) is 0 Å². The Hall–Kier alpha value is -2.71. The number of aromatic hydroxyl groups is 1. The van der Waals surface area contributed by atoms with Gasteiger partial charge in [-0.15, -0.1) is 0 Å². The van der Waals surface area contributed by atoms with Crippen LogP contribution in [0.1, 0.15) is 112 Å². The lowest BCUT2D eigenvalue weighted by molar-refractivity contribution is -0.130. The fourth-order valence-electron chi connectivity index (χ4n) is 10.9. The number of hydrogen-bond acceptors (Lipinski definition) is 6. The maximum absolute atomic E-state index is 12.4. The molecule has 1 N–H and O–H groups in total. The number of rotatable bonds is 3. The monoisotopic (exact) mass is 647 g/mol. The number of fused-ring (bicyclic) bond motifs is 10. The van der Waals surface area contributed by atoms with Crippen LogP contribution in [-0.4, -0.2) is 43.5 Å². The Morgan fingerprint density at radius 1 is 0.717 bits per heavy atom. The third-order valence-corrected chi connectivity index (χ3v) is 14.8. The van der Waals surface area contributed by atoms with Crippen molar-refractivity contribution in [2.45, 2.75) is 103 Å². The van der Waals surface area contributed by atoms with E-state index in [-0.39, 0.29) is 10.8 Å². The highest BCUT2D eigenvalue weighted by Crippen LogP contribution is 2.61. The molecule has 0 saturated heterocycles. The molecule has 8 heteroatoms. The topological polar surface area (TPSA) is 101 Å². The third-order valence-electron chi connectivity index (χ3n) is 13.5. The molecule has 6 aliphatic rings. The lowest BCUT2D eigenvalue weighted by Crippen LogP contribution is -2.42. The average molecular weight is 648 g/mol. The van der Waals surface area contributed by atoms with Gasteiger partial charge in [-0.3, -0.25) is 9.59 Å². The number of benzene rings is 2. The van der Waals surface area contributed by atoms with Crippen molar-refractivity contribution in [2.75, 3.05) is 14.1 Å². The smallest absolute Gasteiger partial charge is 0.384 e. The summed E-state index contributed by atoms with van der Waals surface area (Å²) in [5.74, 6) is 5.20. The van der Waals surface area contributed by atoms with E-state index in [1.165, 1.54) is 42.8 Å². The average Bonchev–Trinajstić information content (AvgIpc) is 3.50. The van der Waals surface area contributed by atoms with Gasteiger partial charge >= 0.3 is 10.3 Å². The van der Waals surface area contributed by atoms with Gasteiger partial charge in [-0.25, -0.2) is 0 Å². The predicted octanol–water partition coefficient (Wildman–Crippen LogP) is 7.11. The summed E-state index contributed by atoms with van der Waals surface area (Å²) < 4.78 is 30.2. The molecule has 2 aromatic carbocycles. The summed E-state index contributed by atoms with van der Waals surface area (Å²) in [6, 6.07) is 11.6. The SMILES string of the molecule is CC12CCC3c4ccc(O)cc4CCC3C1CCC2=O.CN(C)S(=O)(=O)Oc1ccc2c(c1)CCC1C2CCC2(C)C(=O)CCC12. The van der Waals surface area contributed by atoms with Gasteiger partial charge in [0.2, 0.25) is 0 Å². The number of Topliss-reactive ketones (excluding diaryl/α,β-unsaturated/α-hetero) is 2. The second-order valence-electron chi connectivity index (χ2n) is 15.7. The molecule has 0 radical (unpaired) electrons. The molecule has 4 saturated carbocycles. The summed E-state index contributed by atoms with van der Waals surface area (Å²) in [5.41, 5.74) is 5.17. The van der Waals surface area contributed by atoms with Gasteiger partial charge < -0.3 is 9.29 Å². The molecule has 8 unspecified atom stereocenters. The number of ketones is 2. The summed E-state index contributed by atoms with van der Waals surface area (Å²) in [4.78, 5) is 24.7. The molecular weight excluding hydrogens is 598 g/mol. The largest absolute Gasteiger partial charge is 0.508 e. The standard InChI is InChI=1S/C20H27NO4S.C18H22O2/c1-20-11-10-16-15-7-5-14(25-26(23,24)21(2)3)12-13(15)4-6-17(16)18(20)8-9-19(20)22;1-18-9-8-14-13-5-3-12(19)10-11(13)2-4-15(14)16(18)6-7-17(18)20/h5,7,12,16-18H,4,6,8-11H2,1-3H3;3,5,10,14-16,19H,2,4,6-9H2,1H3. The Labute approximate surface area is 274 Å². The maximum Gasteiger partial charge on any atom is 0.384 e. The normalized spacial score (nSPS) is 35.9. The van der Waals surface area contributed by atoms with E-state index in [0.717, 1.165) is 74.9 Å². The van der Waals surface area contributed by atoms with Crippen molar-refractivity contribution in [2.24, 2.45) is 34.5 Å². The molecule has 0 bridgehead atoms. The Balaban J connectivity index is 0.000000152. The first-order chi connectivity index (χ1) is 21.8. The molecule has 8 rings (SSSR count). The number of phenolic OH excluding ortho intramolecular Hbond substituents is 1. The van der Waals surface area contributed by atoms with E-state index < -0.39 is 10.3 Å². The van der Waals surface area contributed by atoms with Crippen LogP contribution in [0.3, 0.4) is 0 Å². The van der Waals surface area contributed by atoms with E-state index in [4.69, 9.17) is 4.18 Å². The Kier molecular flexibility index (Phi) is 7.94. The van der Waals surface area contributed by atoms with Crippen LogP contribution in [0, 0.1) is 34.5 Å². The van der Waals surface area contributed by atoms with Crippen molar-refractivity contribution in [3.05, 3.63) is 58.7 Å². The van der Waals surface area contributed by atoms with E-state index in [1.807, 2.05) is 24.3 Å². The number of aryl methyl sites for hydroxylation is 2. The number of hydrogen-bond donors (Lipinski definition) is 1. The molecule has 0 aliphatic heterocycles. The molecule has 0 amide bonds. The highest BCUT2D eigenvalue weighted by atomic mass is 32.2. The molecular formula is C38H49NO6S. The van der Waals surface area contributed by atoms with Gasteiger partial charge in [0.25, 0.3) is 0 Å². The zero-order chi connectivity index (χ0) is 32.6. The first kappa shape index (κ1) is 31.9. The van der Waals surface area contributed by atoms with Crippen molar-refractivity contribution < 1.29 is 27.3 Å². The zero-order valence-electron chi connectivity index (χ0n) is 27.8. The lowest BCUT2D eigenvalue weighted by atomic mass is 9.55. The van der Waals surface area contributed by atoms with E-state index in [1.54, 1.807) is 6.07 Å². The lowest BCUT2D eigenvalue weighted by Gasteiger charge is -2.48. The first-order valence-corrected chi connectivity index (χ1v) is 18.8. The van der Waals surface area contributed by atoms with E-state index in [0.29, 0.717) is 58.6 Å². The van der Waals surface area contributed by atoms with Crippen LogP contribution < -0.4 is 4.18 Å². The predicted molar refractivity (Wildman–Crippen MR) is 177 cm³/mol. The Morgan fingerprint density at radius 2 is 1.22 bits per heavy atom. The fourth-order valence-corrected chi connectivity index (χ4v) is 11.4. The van der Waals surface area contributed by atoms with E-state index in [2.05, 4.69) is 19.9 Å². The van der Waals surface area contributed by atoms with Crippen molar-refractivity contribution in [3.8, 4) is 11.5 Å². The van der Waals surface area contributed by atoms with Crippen molar-refractivity contribution in [3.63, 3.8) is 0 Å². The van der Waals surface area contributed by atoms with Crippen LogP contribution >= 0.6 is 0 Å². The van der Waals surface area contributed by atoms with E-state index >= 15 is 0 Å². The van der Waals surface area contributed by atoms with Crippen LogP contribution in [0.5, 0.6) is 11.5 Å². The minimum atomic E-state index is -3.73. The molecule has 0 heterocycles. The molecule has 248 valence electrons. The maximum atomic E-state index is 12.4. The number of carbonyl (C=O) groups is 2. The van der Waals surface area contributed by atoms with Crippen molar-refractivity contribution >= 4 is 21.9 Å². The van der Waals surface area contributed by atoms with Crippen LogP contribution in [-0.2, 0) is 32.7 Å². The third kappa shape index (κ3) is 5.13. The van der Waals surface area contributed by atoms with Crippen molar-refractivity contribution in [1.82, 2.24) is 4.31 Å². The fraction of sp³-hybridized carbons (Fsp3) is 0.632. The number of nitrogens with zero attached hydrogens (tertiary/aromatic N) is 1. The van der Waals surface area contributed by atoms with Gasteiger partial charge in [0, 0.05) is 37.8 Å². The quantitative estimate of drug-likeness (QED) is 0.381. The minimum Gasteiger partial charge on any atom is -0.508 e. The molecule has 2 aromatic rings. The van der Waals surface area contributed by atoms with Crippen LogP contribution in [0.15, 0.2) is 36.4 Å². The summed E-state index contributed by atoms with van der Waals surface area (Å²) in [6.07, 6.45) is 12.2. The molecule has 46 heavy (non-hydrogen) atoms. The summed E-state index contributed by atoms with van der Waals surface area (Å²) in [7, 11) is -0.814. The number of phenols is 1. The van der Waals surface area contributed by atoms with Crippen LogP contribution in [0.4, 0.5) is 0 Å². The van der Waals surface area contributed by atoms with Gasteiger partial charge in [-0.2, -0.15) is 12.7 Å². The molecule has 4 fully saturated rings. The Bertz CT molecular complexity index is 1670. The van der Waals surface area contributed by atoms with E-state index in [9.17, 15) is 23.1 Å². The number of carbonyl (C=O) groups excluding carboxylic acids is 2. The summed E-state index contributed by atoms with van der Waals surface area (Å²) in [6.45, 7) is 4.40.